The first-order chi connectivity index (χ1) is 10.5. The highest BCUT2D eigenvalue weighted by molar-refractivity contribution is 6.13. The molecule has 1 atom stereocenters. The fraction of sp³-hybridized carbons (Fsp3) is 0.278. The lowest BCUT2D eigenvalue weighted by Gasteiger charge is -2.22. The lowest BCUT2D eigenvalue weighted by molar-refractivity contribution is -0.870. The Bertz CT molecular complexity index is 699. The molecular formula is C18H20NO3+. The Labute approximate surface area is 129 Å². The van der Waals surface area contributed by atoms with Crippen LogP contribution in [0, 0.1) is 13.8 Å². The summed E-state index contributed by atoms with van der Waals surface area (Å²) in [7, 11) is 2.08. The maximum Gasteiger partial charge on any atom is 0.196 e. The van der Waals surface area contributed by atoms with Gasteiger partial charge in [0.15, 0.2) is 5.78 Å². The monoisotopic (exact) mass is 298 g/mol. The molecule has 1 fully saturated rings. The van der Waals surface area contributed by atoms with Crippen molar-refractivity contribution in [1.29, 1.82) is 0 Å². The van der Waals surface area contributed by atoms with Crippen LogP contribution in [0.5, 0.6) is 0 Å². The molecule has 1 N–H and O–H groups in total. The molecule has 0 saturated carbocycles. The fourth-order valence-electron chi connectivity index (χ4n) is 2.72. The summed E-state index contributed by atoms with van der Waals surface area (Å²) in [5.74, 6) is 3.22. The number of nitrogens with one attached hydrogen (secondary N) is 1. The maximum absolute atomic E-state index is 12.7. The van der Waals surface area contributed by atoms with Crippen molar-refractivity contribution in [2.45, 2.75) is 13.8 Å². The minimum absolute atomic E-state index is 0.0775. The number of likely N-dealkylation sites (tertiary alicyclic amines) is 1. The summed E-state index contributed by atoms with van der Waals surface area (Å²) < 4.78 is 11.1. The Morgan fingerprint density at radius 3 is 1.73 bits per heavy atom. The number of ketones is 1. The van der Waals surface area contributed by atoms with Crippen LogP contribution < -0.4 is 4.90 Å². The largest absolute Gasteiger partial charge is 0.462 e. The van der Waals surface area contributed by atoms with Crippen molar-refractivity contribution in [3.8, 4) is 0 Å². The standard InChI is InChI=1S/C18H19NO3/c1-12-4-6-16(21-12)8-14-10-19(3)11-15(18(14)20)9-17-7-5-13(2)22-17/h4-9H,10-11H2,1-3H3/p+1/b14-8-,15-9?. The van der Waals surface area contributed by atoms with Crippen LogP contribution in [-0.2, 0) is 4.79 Å². The summed E-state index contributed by atoms with van der Waals surface area (Å²) in [4.78, 5) is 13.9. The Hall–Kier alpha value is -2.33. The van der Waals surface area contributed by atoms with Gasteiger partial charge in [-0.1, -0.05) is 0 Å². The number of furan rings is 2. The second-order valence-electron chi connectivity index (χ2n) is 5.88. The van der Waals surface area contributed by atoms with Gasteiger partial charge in [0.05, 0.1) is 18.2 Å². The third kappa shape index (κ3) is 3.12. The average Bonchev–Trinajstić information content (AvgIpc) is 3.04. The van der Waals surface area contributed by atoms with Gasteiger partial charge < -0.3 is 13.7 Å². The van der Waals surface area contributed by atoms with E-state index in [1.165, 1.54) is 4.90 Å². The highest BCUT2D eigenvalue weighted by Crippen LogP contribution is 2.18. The predicted molar refractivity (Wildman–Crippen MR) is 84.5 cm³/mol. The van der Waals surface area contributed by atoms with E-state index in [1.807, 2.05) is 50.3 Å². The summed E-state index contributed by atoms with van der Waals surface area (Å²) in [6, 6.07) is 7.58. The van der Waals surface area contributed by atoms with Gasteiger partial charge in [-0.05, 0) is 50.3 Å². The summed E-state index contributed by atoms with van der Waals surface area (Å²) in [5, 5.41) is 0. The summed E-state index contributed by atoms with van der Waals surface area (Å²) >= 11 is 0. The first-order valence-electron chi connectivity index (χ1n) is 7.41. The highest BCUT2D eigenvalue weighted by atomic mass is 16.3. The zero-order valence-corrected chi connectivity index (χ0v) is 13.1. The first-order valence-corrected chi connectivity index (χ1v) is 7.41. The van der Waals surface area contributed by atoms with E-state index in [0.717, 1.165) is 34.2 Å². The molecule has 4 heteroatoms. The highest BCUT2D eigenvalue weighted by Gasteiger charge is 2.27. The lowest BCUT2D eigenvalue weighted by atomic mass is 9.96. The summed E-state index contributed by atoms with van der Waals surface area (Å²) in [6.45, 7) is 5.19. The van der Waals surface area contributed by atoms with Crippen LogP contribution in [-0.4, -0.2) is 25.9 Å². The van der Waals surface area contributed by atoms with Gasteiger partial charge in [-0.3, -0.25) is 4.79 Å². The first kappa shape index (κ1) is 14.6. The number of hydrogen-bond donors (Lipinski definition) is 1. The molecule has 1 aliphatic heterocycles. The van der Waals surface area contributed by atoms with E-state index in [9.17, 15) is 4.79 Å². The molecular weight excluding hydrogens is 278 g/mol. The van der Waals surface area contributed by atoms with Gasteiger partial charge in [0.1, 0.15) is 36.1 Å². The zero-order chi connectivity index (χ0) is 15.7. The zero-order valence-electron chi connectivity index (χ0n) is 13.1. The van der Waals surface area contributed by atoms with Crippen LogP contribution in [0.1, 0.15) is 23.0 Å². The number of hydrogen-bond acceptors (Lipinski definition) is 3. The predicted octanol–water partition coefficient (Wildman–Crippen LogP) is 2.05. The van der Waals surface area contributed by atoms with Crippen molar-refractivity contribution in [2.75, 3.05) is 20.1 Å². The molecule has 114 valence electrons. The van der Waals surface area contributed by atoms with Crippen LogP contribution in [0.15, 0.2) is 44.2 Å². The second kappa shape index (κ2) is 5.81. The smallest absolute Gasteiger partial charge is 0.196 e. The molecule has 0 amide bonds. The molecule has 2 aromatic rings. The quantitative estimate of drug-likeness (QED) is 0.863. The SMILES string of the molecule is Cc1ccc(C=C2C[NH+](C)C/C(=C/c3ccc(C)o3)C2=O)o1. The topological polar surface area (TPSA) is 47.8 Å². The molecule has 0 spiro atoms. The third-order valence-corrected chi connectivity index (χ3v) is 3.72. The van der Waals surface area contributed by atoms with Gasteiger partial charge in [-0.15, -0.1) is 0 Å². The molecule has 4 nitrogen and oxygen atoms in total. The van der Waals surface area contributed by atoms with E-state index in [0.29, 0.717) is 13.1 Å². The van der Waals surface area contributed by atoms with Gasteiger partial charge in [0, 0.05) is 0 Å². The van der Waals surface area contributed by atoms with Crippen LogP contribution >= 0.6 is 0 Å². The molecule has 1 saturated heterocycles. The summed E-state index contributed by atoms with van der Waals surface area (Å²) in [5.41, 5.74) is 1.54. The number of aryl methyl sites for hydroxylation is 2. The minimum atomic E-state index is 0.0775. The molecule has 22 heavy (non-hydrogen) atoms. The van der Waals surface area contributed by atoms with Gasteiger partial charge in [0.25, 0.3) is 0 Å². The van der Waals surface area contributed by atoms with Crippen molar-refractivity contribution in [3.63, 3.8) is 0 Å². The molecule has 0 bridgehead atoms. The number of carbonyl (C=O) groups is 1. The number of carbonyl (C=O) groups excluding carboxylic acids is 1. The third-order valence-electron chi connectivity index (χ3n) is 3.72. The number of Topliss-reactive ketones (excluding diaryl/α,β-unsaturated/α-hetero) is 1. The fourth-order valence-corrected chi connectivity index (χ4v) is 2.72. The average molecular weight is 298 g/mol. The Morgan fingerprint density at radius 2 is 1.36 bits per heavy atom. The van der Waals surface area contributed by atoms with E-state index in [4.69, 9.17) is 8.83 Å². The van der Waals surface area contributed by atoms with Crippen LogP contribution in [0.4, 0.5) is 0 Å². The summed E-state index contributed by atoms with van der Waals surface area (Å²) in [6.07, 6.45) is 3.69. The maximum atomic E-state index is 12.7. The van der Waals surface area contributed by atoms with Crippen LogP contribution in [0.25, 0.3) is 12.2 Å². The molecule has 2 aromatic heterocycles. The molecule has 3 rings (SSSR count). The van der Waals surface area contributed by atoms with E-state index in [2.05, 4.69) is 7.05 Å². The number of piperidine rings is 1. The van der Waals surface area contributed by atoms with E-state index < -0.39 is 0 Å². The van der Waals surface area contributed by atoms with Crippen LogP contribution in [0.3, 0.4) is 0 Å². The van der Waals surface area contributed by atoms with Gasteiger partial charge in [-0.2, -0.15) is 0 Å². The van der Waals surface area contributed by atoms with Gasteiger partial charge in [0.2, 0.25) is 0 Å². The molecule has 1 aliphatic rings. The van der Waals surface area contributed by atoms with E-state index >= 15 is 0 Å². The second-order valence-corrected chi connectivity index (χ2v) is 5.88. The number of quaternary nitrogens is 1. The molecule has 3 heterocycles. The van der Waals surface area contributed by atoms with E-state index in [1.54, 1.807) is 0 Å². The molecule has 0 aromatic carbocycles. The normalized spacial score (nSPS) is 22.7. The number of rotatable bonds is 2. The van der Waals surface area contributed by atoms with Gasteiger partial charge >= 0.3 is 0 Å². The van der Waals surface area contributed by atoms with E-state index in [-0.39, 0.29) is 5.78 Å². The van der Waals surface area contributed by atoms with Crippen LogP contribution in [0.2, 0.25) is 0 Å². The van der Waals surface area contributed by atoms with Crippen molar-refractivity contribution in [1.82, 2.24) is 0 Å². The lowest BCUT2D eigenvalue weighted by Crippen LogP contribution is -3.10. The Kier molecular flexibility index (Phi) is 3.86. The van der Waals surface area contributed by atoms with Gasteiger partial charge in [-0.25, -0.2) is 0 Å². The minimum Gasteiger partial charge on any atom is -0.462 e. The van der Waals surface area contributed by atoms with Crippen molar-refractivity contribution in [3.05, 3.63) is 58.5 Å². The van der Waals surface area contributed by atoms with Crippen molar-refractivity contribution in [2.24, 2.45) is 0 Å². The molecule has 1 unspecified atom stereocenters. The molecule has 0 radical (unpaired) electrons. The Morgan fingerprint density at radius 1 is 0.909 bits per heavy atom. The number of likely N-dealkylation sites (N-methyl/N-ethyl adjacent to an activating group) is 1. The molecule has 0 aliphatic carbocycles. The van der Waals surface area contributed by atoms with Crippen molar-refractivity contribution >= 4 is 17.9 Å². The van der Waals surface area contributed by atoms with Crippen molar-refractivity contribution < 1.29 is 18.5 Å². The Balaban J connectivity index is 1.91.